The van der Waals surface area contributed by atoms with E-state index in [1.54, 1.807) is 0 Å². The van der Waals surface area contributed by atoms with Gasteiger partial charge in [0.05, 0.1) is 0 Å². The summed E-state index contributed by atoms with van der Waals surface area (Å²) in [6.07, 6.45) is 3.25. The second-order valence-corrected chi connectivity index (χ2v) is 2.56. The SMILES string of the molecule is CC.CCC#CC1CCOCC1. The minimum atomic E-state index is 0.619. The molecule has 0 N–H and O–H groups in total. The Morgan fingerprint density at radius 3 is 2.33 bits per heavy atom. The largest absolute Gasteiger partial charge is 0.381 e. The van der Waals surface area contributed by atoms with Crippen LogP contribution in [0.1, 0.15) is 40.0 Å². The van der Waals surface area contributed by atoms with Crippen molar-refractivity contribution in [2.75, 3.05) is 13.2 Å². The normalized spacial score (nSPS) is 16.9. The highest BCUT2D eigenvalue weighted by Gasteiger charge is 2.09. The first-order valence-corrected chi connectivity index (χ1v) is 4.99. The monoisotopic (exact) mass is 168 g/mol. The molecule has 0 atom stereocenters. The topological polar surface area (TPSA) is 9.23 Å². The third kappa shape index (κ3) is 5.21. The van der Waals surface area contributed by atoms with E-state index in [4.69, 9.17) is 4.74 Å². The molecule has 0 amide bonds. The molecule has 1 heteroatoms. The van der Waals surface area contributed by atoms with E-state index in [2.05, 4.69) is 18.8 Å². The molecule has 0 spiro atoms. The summed E-state index contributed by atoms with van der Waals surface area (Å²) in [5.41, 5.74) is 0. The third-order valence-electron chi connectivity index (χ3n) is 1.70. The highest BCUT2D eigenvalue weighted by Crippen LogP contribution is 2.12. The van der Waals surface area contributed by atoms with E-state index in [0.717, 1.165) is 32.5 Å². The van der Waals surface area contributed by atoms with Crippen LogP contribution in [0.15, 0.2) is 0 Å². The molecule has 1 fully saturated rings. The summed E-state index contributed by atoms with van der Waals surface area (Å²) < 4.78 is 5.21. The van der Waals surface area contributed by atoms with Crippen LogP contribution in [0.2, 0.25) is 0 Å². The van der Waals surface area contributed by atoms with Gasteiger partial charge >= 0.3 is 0 Å². The number of hydrogen-bond acceptors (Lipinski definition) is 1. The average Bonchev–Trinajstić information content (AvgIpc) is 2.19. The van der Waals surface area contributed by atoms with Crippen molar-refractivity contribution in [1.82, 2.24) is 0 Å². The van der Waals surface area contributed by atoms with Gasteiger partial charge in [-0.25, -0.2) is 0 Å². The molecule has 0 bridgehead atoms. The van der Waals surface area contributed by atoms with Gasteiger partial charge in [0.2, 0.25) is 0 Å². The lowest BCUT2D eigenvalue weighted by Crippen LogP contribution is -2.13. The van der Waals surface area contributed by atoms with Crippen molar-refractivity contribution in [3.8, 4) is 11.8 Å². The maximum atomic E-state index is 5.21. The predicted molar refractivity (Wildman–Crippen MR) is 53.0 cm³/mol. The van der Waals surface area contributed by atoms with Crippen LogP contribution in [0.3, 0.4) is 0 Å². The van der Waals surface area contributed by atoms with Crippen molar-refractivity contribution in [3.05, 3.63) is 0 Å². The molecule has 1 aliphatic heterocycles. The summed E-state index contributed by atoms with van der Waals surface area (Å²) in [6.45, 7) is 7.90. The first-order chi connectivity index (χ1) is 5.93. The van der Waals surface area contributed by atoms with Crippen molar-refractivity contribution in [2.24, 2.45) is 5.92 Å². The molecule has 1 rings (SSSR count). The van der Waals surface area contributed by atoms with E-state index < -0.39 is 0 Å². The maximum Gasteiger partial charge on any atom is 0.0477 e. The minimum Gasteiger partial charge on any atom is -0.381 e. The van der Waals surface area contributed by atoms with Gasteiger partial charge < -0.3 is 4.74 Å². The zero-order valence-electron chi connectivity index (χ0n) is 8.52. The van der Waals surface area contributed by atoms with E-state index in [1.807, 2.05) is 13.8 Å². The molecule has 0 aliphatic carbocycles. The van der Waals surface area contributed by atoms with Crippen molar-refractivity contribution in [1.29, 1.82) is 0 Å². The number of hydrogen-bond donors (Lipinski definition) is 0. The second-order valence-electron chi connectivity index (χ2n) is 2.56. The molecule has 1 heterocycles. The minimum absolute atomic E-state index is 0.619. The first-order valence-electron chi connectivity index (χ1n) is 4.99. The molecular formula is C11H20O. The summed E-state index contributed by atoms with van der Waals surface area (Å²) >= 11 is 0. The summed E-state index contributed by atoms with van der Waals surface area (Å²) in [4.78, 5) is 0. The van der Waals surface area contributed by atoms with Gasteiger partial charge in [-0.05, 0) is 12.8 Å². The van der Waals surface area contributed by atoms with Gasteiger partial charge in [0, 0.05) is 25.6 Å². The Bertz CT molecular complexity index is 135. The number of ether oxygens (including phenoxy) is 1. The van der Waals surface area contributed by atoms with E-state index >= 15 is 0 Å². The maximum absolute atomic E-state index is 5.21. The Kier molecular flexibility index (Phi) is 8.27. The summed E-state index contributed by atoms with van der Waals surface area (Å²) in [7, 11) is 0. The van der Waals surface area contributed by atoms with Crippen molar-refractivity contribution in [3.63, 3.8) is 0 Å². The Morgan fingerprint density at radius 1 is 1.25 bits per heavy atom. The molecule has 12 heavy (non-hydrogen) atoms. The molecular weight excluding hydrogens is 148 g/mol. The lowest BCUT2D eigenvalue weighted by Gasteiger charge is -2.16. The van der Waals surface area contributed by atoms with E-state index in [-0.39, 0.29) is 0 Å². The highest BCUT2D eigenvalue weighted by atomic mass is 16.5. The molecule has 0 aromatic heterocycles. The standard InChI is InChI=1S/C9H14O.C2H6/c1-2-3-4-9-5-7-10-8-6-9;1-2/h9H,2,5-8H2,1H3;1-2H3. The molecule has 1 aliphatic rings. The van der Waals surface area contributed by atoms with Crippen LogP contribution in [-0.2, 0) is 4.74 Å². The Labute approximate surface area is 76.5 Å². The molecule has 0 aromatic carbocycles. The van der Waals surface area contributed by atoms with E-state index in [0.29, 0.717) is 5.92 Å². The van der Waals surface area contributed by atoms with Gasteiger partial charge in [-0.15, -0.1) is 5.92 Å². The average molecular weight is 168 g/mol. The van der Waals surface area contributed by atoms with Gasteiger partial charge in [0.25, 0.3) is 0 Å². The highest BCUT2D eigenvalue weighted by molar-refractivity contribution is 5.03. The summed E-state index contributed by atoms with van der Waals surface area (Å²) in [5.74, 6) is 6.97. The Balaban J connectivity index is 0.000000561. The molecule has 70 valence electrons. The van der Waals surface area contributed by atoms with Crippen LogP contribution < -0.4 is 0 Å². The van der Waals surface area contributed by atoms with Crippen molar-refractivity contribution >= 4 is 0 Å². The van der Waals surface area contributed by atoms with Crippen LogP contribution >= 0.6 is 0 Å². The fraction of sp³-hybridized carbons (Fsp3) is 0.818. The van der Waals surface area contributed by atoms with Crippen LogP contribution in [-0.4, -0.2) is 13.2 Å². The van der Waals surface area contributed by atoms with Crippen molar-refractivity contribution in [2.45, 2.75) is 40.0 Å². The molecule has 1 nitrogen and oxygen atoms in total. The molecule has 0 unspecified atom stereocenters. The van der Waals surface area contributed by atoms with E-state index in [1.165, 1.54) is 0 Å². The van der Waals surface area contributed by atoms with Gasteiger partial charge in [0.15, 0.2) is 0 Å². The molecule has 0 saturated carbocycles. The zero-order valence-corrected chi connectivity index (χ0v) is 8.52. The van der Waals surface area contributed by atoms with Crippen LogP contribution in [0.5, 0.6) is 0 Å². The van der Waals surface area contributed by atoms with Gasteiger partial charge in [-0.2, -0.15) is 0 Å². The summed E-state index contributed by atoms with van der Waals surface area (Å²) in [5, 5.41) is 0. The fourth-order valence-corrected chi connectivity index (χ4v) is 1.09. The van der Waals surface area contributed by atoms with Gasteiger partial charge in [-0.1, -0.05) is 26.7 Å². The third-order valence-corrected chi connectivity index (χ3v) is 1.70. The lowest BCUT2D eigenvalue weighted by molar-refractivity contribution is 0.0807. The van der Waals surface area contributed by atoms with Gasteiger partial charge in [-0.3, -0.25) is 0 Å². The molecule has 0 radical (unpaired) electrons. The molecule has 0 aromatic rings. The Morgan fingerprint density at radius 2 is 1.83 bits per heavy atom. The zero-order chi connectivity index (χ0) is 9.23. The smallest absolute Gasteiger partial charge is 0.0477 e. The first kappa shape index (κ1) is 11.5. The Hall–Kier alpha value is -0.480. The number of rotatable bonds is 0. The van der Waals surface area contributed by atoms with E-state index in [9.17, 15) is 0 Å². The van der Waals surface area contributed by atoms with Crippen molar-refractivity contribution < 1.29 is 4.74 Å². The fourth-order valence-electron chi connectivity index (χ4n) is 1.09. The quantitative estimate of drug-likeness (QED) is 0.505. The van der Waals surface area contributed by atoms with Crippen LogP contribution in [0, 0.1) is 17.8 Å². The second kappa shape index (κ2) is 8.62. The molecule has 1 saturated heterocycles. The summed E-state index contributed by atoms with van der Waals surface area (Å²) in [6, 6.07) is 0. The van der Waals surface area contributed by atoms with Gasteiger partial charge in [0.1, 0.15) is 0 Å². The van der Waals surface area contributed by atoms with Crippen LogP contribution in [0.25, 0.3) is 0 Å². The van der Waals surface area contributed by atoms with Crippen LogP contribution in [0.4, 0.5) is 0 Å². The lowest BCUT2D eigenvalue weighted by atomic mass is 10.0. The predicted octanol–water partition coefficient (Wildman–Crippen LogP) is 2.85.